The third-order valence-corrected chi connectivity index (χ3v) is 2.46. The lowest BCUT2D eigenvalue weighted by molar-refractivity contribution is 0.0955. The zero-order valence-corrected chi connectivity index (χ0v) is 10.8. The van der Waals surface area contributed by atoms with Gasteiger partial charge in [-0.15, -0.1) is 5.10 Å². The van der Waals surface area contributed by atoms with E-state index in [-0.39, 0.29) is 17.7 Å². The molecule has 0 saturated carbocycles. The molecule has 8 heteroatoms. The van der Waals surface area contributed by atoms with Crippen LogP contribution in [0.2, 0.25) is 0 Å². The lowest BCUT2D eigenvalue weighted by Crippen LogP contribution is -2.22. The first-order valence-corrected chi connectivity index (χ1v) is 5.97. The van der Waals surface area contributed by atoms with Crippen molar-refractivity contribution in [1.82, 2.24) is 20.5 Å². The van der Waals surface area contributed by atoms with E-state index in [4.69, 9.17) is 5.73 Å². The van der Waals surface area contributed by atoms with Crippen molar-refractivity contribution in [2.45, 2.75) is 6.92 Å². The topological polar surface area (TPSA) is 126 Å². The molecule has 0 aliphatic rings. The summed E-state index contributed by atoms with van der Waals surface area (Å²) in [6.45, 7) is 2.40. The highest BCUT2D eigenvalue weighted by Gasteiger charge is 2.11. The van der Waals surface area contributed by atoms with Crippen LogP contribution in [0.4, 0.5) is 11.6 Å². The highest BCUT2D eigenvalue weighted by molar-refractivity contribution is 6.02. The number of nitrogens with two attached hydrogens (primary N) is 1. The second-order valence-corrected chi connectivity index (χ2v) is 3.93. The van der Waals surface area contributed by atoms with Gasteiger partial charge in [-0.05, 0) is 31.2 Å². The Kier molecular flexibility index (Phi) is 3.94. The first kappa shape index (κ1) is 13.5. The van der Waals surface area contributed by atoms with E-state index in [0.29, 0.717) is 17.8 Å². The molecule has 0 aliphatic carbocycles. The van der Waals surface area contributed by atoms with Crippen molar-refractivity contribution in [3.8, 4) is 0 Å². The van der Waals surface area contributed by atoms with Gasteiger partial charge in [-0.2, -0.15) is 4.98 Å². The number of benzene rings is 1. The molecule has 104 valence electrons. The predicted octanol–water partition coefficient (Wildman–Crippen LogP) is 0.389. The quantitative estimate of drug-likeness (QED) is 0.641. The molecule has 0 saturated heterocycles. The van der Waals surface area contributed by atoms with Crippen molar-refractivity contribution in [2.75, 3.05) is 17.6 Å². The highest BCUT2D eigenvalue weighted by atomic mass is 16.2. The number of amides is 2. The minimum Gasteiger partial charge on any atom is -0.366 e. The van der Waals surface area contributed by atoms with Crippen LogP contribution in [0.15, 0.2) is 24.3 Å². The monoisotopic (exact) mass is 274 g/mol. The zero-order chi connectivity index (χ0) is 14.5. The number of hydrogen-bond acceptors (Lipinski definition) is 5. The molecule has 0 fully saturated rings. The number of anilines is 2. The summed E-state index contributed by atoms with van der Waals surface area (Å²) in [4.78, 5) is 27.0. The Labute approximate surface area is 114 Å². The maximum Gasteiger partial charge on any atom is 0.293 e. The fraction of sp³-hybridized carbons (Fsp3) is 0.167. The number of carbonyl (C=O) groups excluding carboxylic acids is 2. The number of nitrogen functional groups attached to an aromatic ring is 1. The Morgan fingerprint density at radius 3 is 2.50 bits per heavy atom. The molecule has 5 N–H and O–H groups in total. The molecule has 1 aromatic carbocycles. The van der Waals surface area contributed by atoms with Gasteiger partial charge in [-0.25, -0.2) is 0 Å². The summed E-state index contributed by atoms with van der Waals surface area (Å²) in [5.74, 6) is -0.592. The van der Waals surface area contributed by atoms with Crippen molar-refractivity contribution >= 4 is 23.5 Å². The molecule has 0 spiro atoms. The molecule has 1 aromatic heterocycles. The van der Waals surface area contributed by atoms with E-state index in [1.165, 1.54) is 0 Å². The number of carbonyl (C=O) groups is 2. The largest absolute Gasteiger partial charge is 0.366 e. The van der Waals surface area contributed by atoms with Gasteiger partial charge in [0.25, 0.3) is 11.8 Å². The normalized spacial score (nSPS) is 10.1. The number of aromatic nitrogens is 3. The van der Waals surface area contributed by atoms with E-state index in [0.717, 1.165) is 0 Å². The zero-order valence-electron chi connectivity index (χ0n) is 10.8. The van der Waals surface area contributed by atoms with Crippen LogP contribution in [0.3, 0.4) is 0 Å². The molecular formula is C12H14N6O2. The molecule has 2 rings (SSSR count). The van der Waals surface area contributed by atoms with Gasteiger partial charge in [0.2, 0.25) is 11.8 Å². The summed E-state index contributed by atoms with van der Waals surface area (Å²) < 4.78 is 0. The first-order valence-electron chi connectivity index (χ1n) is 5.97. The van der Waals surface area contributed by atoms with Crippen molar-refractivity contribution in [3.05, 3.63) is 35.7 Å². The molecule has 20 heavy (non-hydrogen) atoms. The van der Waals surface area contributed by atoms with E-state index < -0.39 is 5.91 Å². The van der Waals surface area contributed by atoms with Gasteiger partial charge in [-0.3, -0.25) is 14.7 Å². The maximum atomic E-state index is 11.8. The Bertz CT molecular complexity index is 619. The van der Waals surface area contributed by atoms with Crippen molar-refractivity contribution in [3.63, 3.8) is 0 Å². The number of hydrogen-bond donors (Lipinski definition) is 4. The summed E-state index contributed by atoms with van der Waals surface area (Å²) in [6.07, 6.45) is 0. The number of H-pyrrole nitrogens is 1. The Hall–Kier alpha value is -2.90. The minimum atomic E-state index is -0.458. The maximum absolute atomic E-state index is 11.8. The van der Waals surface area contributed by atoms with Gasteiger partial charge >= 0.3 is 0 Å². The number of nitrogens with one attached hydrogen (secondary N) is 3. The van der Waals surface area contributed by atoms with Crippen molar-refractivity contribution in [1.29, 1.82) is 0 Å². The van der Waals surface area contributed by atoms with E-state index in [9.17, 15) is 9.59 Å². The average molecular weight is 274 g/mol. The van der Waals surface area contributed by atoms with Crippen LogP contribution in [0.1, 0.15) is 27.9 Å². The predicted molar refractivity (Wildman–Crippen MR) is 73.2 cm³/mol. The van der Waals surface area contributed by atoms with Crippen molar-refractivity contribution < 1.29 is 9.59 Å². The standard InChI is InChI=1S/C12H14N6O2/c1-2-14-10(19)7-3-5-8(6-4-7)15-11(20)9-16-12(13)18-17-9/h3-6H,2H2,1H3,(H,14,19)(H,15,20)(H3,13,16,17,18). The van der Waals surface area contributed by atoms with Gasteiger partial charge in [0.05, 0.1) is 0 Å². The van der Waals surface area contributed by atoms with E-state index in [1.54, 1.807) is 24.3 Å². The Balaban J connectivity index is 2.04. The summed E-state index contributed by atoms with van der Waals surface area (Å²) in [5.41, 5.74) is 6.38. The molecule has 0 aliphatic heterocycles. The summed E-state index contributed by atoms with van der Waals surface area (Å²) in [6, 6.07) is 6.50. The van der Waals surface area contributed by atoms with Gasteiger partial charge in [0.15, 0.2) is 0 Å². The fourth-order valence-corrected chi connectivity index (χ4v) is 1.53. The van der Waals surface area contributed by atoms with Gasteiger partial charge in [0, 0.05) is 17.8 Å². The molecular weight excluding hydrogens is 260 g/mol. The molecule has 1 heterocycles. The van der Waals surface area contributed by atoms with E-state index in [2.05, 4.69) is 25.8 Å². The van der Waals surface area contributed by atoms with Gasteiger partial charge < -0.3 is 16.4 Å². The first-order chi connectivity index (χ1) is 9.60. The second-order valence-electron chi connectivity index (χ2n) is 3.93. The fourth-order valence-electron chi connectivity index (χ4n) is 1.53. The lowest BCUT2D eigenvalue weighted by atomic mass is 10.2. The molecule has 0 unspecified atom stereocenters. The lowest BCUT2D eigenvalue weighted by Gasteiger charge is -2.05. The molecule has 0 bridgehead atoms. The van der Waals surface area contributed by atoms with Crippen LogP contribution in [0, 0.1) is 0 Å². The number of aromatic amines is 1. The molecule has 2 aromatic rings. The molecule has 0 atom stereocenters. The van der Waals surface area contributed by atoms with Crippen molar-refractivity contribution in [2.24, 2.45) is 0 Å². The summed E-state index contributed by atoms with van der Waals surface area (Å²) >= 11 is 0. The van der Waals surface area contributed by atoms with Crippen LogP contribution in [-0.4, -0.2) is 33.5 Å². The Morgan fingerprint density at radius 2 is 1.95 bits per heavy atom. The van der Waals surface area contributed by atoms with Crippen LogP contribution >= 0.6 is 0 Å². The molecule has 2 amide bonds. The number of nitrogens with zero attached hydrogens (tertiary/aromatic N) is 2. The SMILES string of the molecule is CCNC(=O)c1ccc(NC(=O)c2nc(N)n[nH]2)cc1. The Morgan fingerprint density at radius 1 is 1.25 bits per heavy atom. The van der Waals surface area contributed by atoms with Crippen LogP contribution < -0.4 is 16.4 Å². The summed E-state index contributed by atoms with van der Waals surface area (Å²) in [7, 11) is 0. The third kappa shape index (κ3) is 3.10. The number of rotatable bonds is 4. The summed E-state index contributed by atoms with van der Waals surface area (Å²) in [5, 5.41) is 11.3. The third-order valence-electron chi connectivity index (χ3n) is 2.46. The van der Waals surface area contributed by atoms with E-state index in [1.807, 2.05) is 6.92 Å². The van der Waals surface area contributed by atoms with Gasteiger partial charge in [-0.1, -0.05) is 0 Å². The smallest absolute Gasteiger partial charge is 0.293 e. The van der Waals surface area contributed by atoms with E-state index >= 15 is 0 Å². The van der Waals surface area contributed by atoms with Gasteiger partial charge in [0.1, 0.15) is 0 Å². The van der Waals surface area contributed by atoms with Crippen LogP contribution in [-0.2, 0) is 0 Å². The highest BCUT2D eigenvalue weighted by Crippen LogP contribution is 2.10. The van der Waals surface area contributed by atoms with Crippen LogP contribution in [0.25, 0.3) is 0 Å². The average Bonchev–Trinajstić information content (AvgIpc) is 2.86. The molecule has 8 nitrogen and oxygen atoms in total. The molecule has 0 radical (unpaired) electrons. The van der Waals surface area contributed by atoms with Crippen LogP contribution in [0.5, 0.6) is 0 Å². The second kappa shape index (κ2) is 5.83. The minimum absolute atomic E-state index is 0.00161.